The first kappa shape index (κ1) is 26.4. The number of benzene rings is 3. The second kappa shape index (κ2) is 11.3. The average molecular weight is 566 g/mol. The Bertz CT molecular complexity index is 1530. The summed E-state index contributed by atoms with van der Waals surface area (Å²) in [6.45, 7) is 2.22. The Morgan fingerprint density at radius 2 is 1.74 bits per heavy atom. The lowest BCUT2D eigenvalue weighted by Crippen LogP contribution is -2.31. The van der Waals surface area contributed by atoms with Crippen LogP contribution in [0.5, 0.6) is 17.2 Å². The van der Waals surface area contributed by atoms with Gasteiger partial charge in [-0.05, 0) is 42.3 Å². The minimum Gasteiger partial charge on any atom is -0.495 e. The number of nitrogens with one attached hydrogen (secondary N) is 2. The molecule has 0 aliphatic carbocycles. The fraction of sp³-hybridized carbons (Fsp3) is 0.179. The van der Waals surface area contributed by atoms with Gasteiger partial charge in [-0.15, -0.1) is 0 Å². The van der Waals surface area contributed by atoms with Crippen molar-refractivity contribution in [1.29, 1.82) is 0 Å². The minimum absolute atomic E-state index is 0.350. The molecule has 1 aromatic heterocycles. The Balaban J connectivity index is 1.43. The molecule has 5 rings (SSSR count). The molecular weight excluding hydrogens is 541 g/mol. The number of rotatable bonds is 8. The van der Waals surface area contributed by atoms with Crippen LogP contribution in [-0.4, -0.2) is 34.9 Å². The molecule has 0 saturated heterocycles. The summed E-state index contributed by atoms with van der Waals surface area (Å²) >= 11 is 12.2. The van der Waals surface area contributed by atoms with E-state index in [4.69, 9.17) is 37.4 Å². The fourth-order valence-corrected chi connectivity index (χ4v) is 4.69. The van der Waals surface area contributed by atoms with Gasteiger partial charge in [0.25, 0.3) is 5.91 Å². The Kier molecular flexibility index (Phi) is 7.63. The number of amides is 1. The zero-order chi connectivity index (χ0) is 27.5. The molecule has 1 amide bonds. The predicted molar refractivity (Wildman–Crippen MR) is 150 cm³/mol. The zero-order valence-electron chi connectivity index (χ0n) is 21.4. The van der Waals surface area contributed by atoms with Crippen LogP contribution >= 0.6 is 23.2 Å². The van der Waals surface area contributed by atoms with Gasteiger partial charge in [-0.1, -0.05) is 47.5 Å². The highest BCUT2D eigenvalue weighted by atomic mass is 35.5. The maximum absolute atomic E-state index is 13.8. The van der Waals surface area contributed by atoms with E-state index in [0.717, 1.165) is 11.1 Å². The summed E-state index contributed by atoms with van der Waals surface area (Å²) in [5, 5.41) is 11.5. The zero-order valence-corrected chi connectivity index (χ0v) is 22.9. The molecule has 0 fully saturated rings. The third kappa shape index (κ3) is 5.50. The van der Waals surface area contributed by atoms with Crippen molar-refractivity contribution in [2.75, 3.05) is 24.9 Å². The Morgan fingerprint density at radius 1 is 1.03 bits per heavy atom. The van der Waals surface area contributed by atoms with Gasteiger partial charge in [0.2, 0.25) is 5.95 Å². The van der Waals surface area contributed by atoms with Crippen LogP contribution in [0, 0.1) is 0 Å². The van der Waals surface area contributed by atoms with Gasteiger partial charge in [-0.3, -0.25) is 4.79 Å². The van der Waals surface area contributed by atoms with Crippen molar-refractivity contribution < 1.29 is 19.0 Å². The van der Waals surface area contributed by atoms with Crippen LogP contribution in [0.25, 0.3) is 0 Å². The molecule has 1 atom stereocenters. The largest absolute Gasteiger partial charge is 0.495 e. The van der Waals surface area contributed by atoms with E-state index in [1.165, 1.54) is 20.5 Å². The maximum atomic E-state index is 13.8. The van der Waals surface area contributed by atoms with E-state index in [1.807, 2.05) is 55.5 Å². The molecule has 200 valence electrons. The third-order valence-electron chi connectivity index (χ3n) is 6.28. The standard InChI is InChI=1S/C28H25Cl2N5O4/c1-16-25(27(36)34-22-13-23(37-2)21(30)12-24(22)38-3)26(35-28(33-16)31-15-32-35)18-6-10-20(11-7-18)39-14-17-4-8-19(29)9-5-17/h4-13,15,26H,14H2,1-3H3,(H,34,36)(H,31,32,33)/t26-/m0/s1. The topological polar surface area (TPSA) is 99.5 Å². The first-order chi connectivity index (χ1) is 18.9. The lowest BCUT2D eigenvalue weighted by atomic mass is 9.95. The van der Waals surface area contributed by atoms with Crippen LogP contribution in [0.15, 0.2) is 78.3 Å². The smallest absolute Gasteiger partial charge is 0.255 e. The van der Waals surface area contributed by atoms with Gasteiger partial charge in [0, 0.05) is 22.9 Å². The van der Waals surface area contributed by atoms with Gasteiger partial charge in [-0.25, -0.2) is 4.68 Å². The molecule has 39 heavy (non-hydrogen) atoms. The summed E-state index contributed by atoms with van der Waals surface area (Å²) in [6.07, 6.45) is 1.44. The summed E-state index contributed by atoms with van der Waals surface area (Å²) < 4.78 is 18.4. The van der Waals surface area contributed by atoms with Crippen molar-refractivity contribution >= 4 is 40.7 Å². The van der Waals surface area contributed by atoms with Crippen molar-refractivity contribution in [3.63, 3.8) is 0 Å². The van der Waals surface area contributed by atoms with Gasteiger partial charge in [0.15, 0.2) is 0 Å². The summed E-state index contributed by atoms with van der Waals surface area (Å²) in [6, 6.07) is 17.7. The highest BCUT2D eigenvalue weighted by molar-refractivity contribution is 6.32. The Hall–Kier alpha value is -4.21. The number of hydrogen-bond acceptors (Lipinski definition) is 7. The van der Waals surface area contributed by atoms with Crippen molar-refractivity contribution in [2.45, 2.75) is 19.6 Å². The van der Waals surface area contributed by atoms with E-state index in [1.54, 1.807) is 16.8 Å². The fourth-order valence-electron chi connectivity index (χ4n) is 4.33. The number of halogens is 2. The lowest BCUT2D eigenvalue weighted by molar-refractivity contribution is -0.113. The van der Waals surface area contributed by atoms with Crippen LogP contribution < -0.4 is 24.8 Å². The van der Waals surface area contributed by atoms with Crippen molar-refractivity contribution in [3.8, 4) is 17.2 Å². The first-order valence-corrected chi connectivity index (χ1v) is 12.7. The molecule has 9 nitrogen and oxygen atoms in total. The van der Waals surface area contributed by atoms with Crippen molar-refractivity contribution in [2.24, 2.45) is 0 Å². The van der Waals surface area contributed by atoms with Crippen molar-refractivity contribution in [3.05, 3.63) is 99.4 Å². The normalized spacial score (nSPS) is 14.3. The number of hydrogen-bond donors (Lipinski definition) is 2. The minimum atomic E-state index is -0.547. The number of fused-ring (bicyclic) bond motifs is 1. The molecule has 1 aliphatic rings. The van der Waals surface area contributed by atoms with Crippen LogP contribution in [0.1, 0.15) is 24.1 Å². The van der Waals surface area contributed by atoms with Crippen LogP contribution in [0.4, 0.5) is 11.6 Å². The molecule has 3 aromatic carbocycles. The monoisotopic (exact) mass is 565 g/mol. The van der Waals surface area contributed by atoms with E-state index < -0.39 is 6.04 Å². The summed E-state index contributed by atoms with van der Waals surface area (Å²) in [7, 11) is 3.00. The number of nitrogens with zero attached hydrogens (tertiary/aromatic N) is 3. The second-order valence-electron chi connectivity index (χ2n) is 8.72. The number of methoxy groups -OCH3 is 2. The molecular formula is C28H25Cl2N5O4. The van der Waals surface area contributed by atoms with E-state index >= 15 is 0 Å². The molecule has 0 saturated carbocycles. The molecule has 4 aromatic rings. The summed E-state index contributed by atoms with van der Waals surface area (Å²) in [5.74, 6) is 1.67. The molecule has 0 radical (unpaired) electrons. The van der Waals surface area contributed by atoms with Gasteiger partial charge >= 0.3 is 0 Å². The van der Waals surface area contributed by atoms with Crippen molar-refractivity contribution in [1.82, 2.24) is 14.8 Å². The van der Waals surface area contributed by atoms with Crippen LogP contribution in [0.2, 0.25) is 10.0 Å². The number of aromatic nitrogens is 3. The number of allylic oxidation sites excluding steroid dienone is 1. The molecule has 0 unspecified atom stereocenters. The van der Waals surface area contributed by atoms with E-state index in [9.17, 15) is 4.79 Å². The first-order valence-electron chi connectivity index (χ1n) is 11.9. The van der Waals surface area contributed by atoms with Crippen LogP contribution in [0.3, 0.4) is 0 Å². The number of carbonyl (C=O) groups is 1. The highest BCUT2D eigenvalue weighted by Gasteiger charge is 2.34. The molecule has 0 bridgehead atoms. The van der Waals surface area contributed by atoms with Crippen LogP contribution in [-0.2, 0) is 11.4 Å². The van der Waals surface area contributed by atoms with E-state index in [0.29, 0.717) is 56.8 Å². The summed E-state index contributed by atoms with van der Waals surface area (Å²) in [4.78, 5) is 18.1. The maximum Gasteiger partial charge on any atom is 0.255 e. The molecule has 2 heterocycles. The third-order valence-corrected chi connectivity index (χ3v) is 6.82. The number of anilines is 2. The molecule has 0 spiro atoms. The number of ether oxygens (including phenoxy) is 3. The predicted octanol–water partition coefficient (Wildman–Crippen LogP) is 6.11. The molecule has 1 aliphatic heterocycles. The van der Waals surface area contributed by atoms with E-state index in [2.05, 4.69) is 20.7 Å². The van der Waals surface area contributed by atoms with Gasteiger partial charge in [0.05, 0.1) is 30.5 Å². The quantitative estimate of drug-likeness (QED) is 0.266. The van der Waals surface area contributed by atoms with Gasteiger partial charge < -0.3 is 24.8 Å². The SMILES string of the molecule is COc1cc(NC(=O)C2=C(C)Nc3ncnn3[C@H]2c2ccc(OCc3ccc(Cl)cc3)cc2)c(OC)cc1Cl. The Labute approximate surface area is 235 Å². The van der Waals surface area contributed by atoms with E-state index in [-0.39, 0.29) is 5.91 Å². The molecule has 11 heteroatoms. The average Bonchev–Trinajstić information content (AvgIpc) is 3.41. The lowest BCUT2D eigenvalue weighted by Gasteiger charge is -2.29. The van der Waals surface area contributed by atoms with Gasteiger partial charge in [0.1, 0.15) is 36.2 Å². The number of carbonyl (C=O) groups excluding carboxylic acids is 1. The second-order valence-corrected chi connectivity index (χ2v) is 9.56. The summed E-state index contributed by atoms with van der Waals surface area (Å²) in [5.41, 5.74) is 3.34. The Morgan fingerprint density at radius 3 is 2.44 bits per heavy atom. The van der Waals surface area contributed by atoms with Gasteiger partial charge in [-0.2, -0.15) is 10.1 Å². The highest BCUT2D eigenvalue weighted by Crippen LogP contribution is 2.39. The molecule has 2 N–H and O–H groups in total.